The van der Waals surface area contributed by atoms with Crippen LogP contribution in [-0.2, 0) is 9.47 Å². The molecule has 0 radical (unpaired) electrons. The number of nitrogens with one attached hydrogen (secondary N) is 2. The van der Waals surface area contributed by atoms with Crippen molar-refractivity contribution in [1.29, 1.82) is 0 Å². The van der Waals surface area contributed by atoms with Crippen LogP contribution in [0.1, 0.15) is 33.6 Å². The first-order valence-corrected chi connectivity index (χ1v) is 9.20. The Kier molecular flexibility index (Phi) is 11.9. The fourth-order valence-corrected chi connectivity index (χ4v) is 2.54. The fourth-order valence-electron chi connectivity index (χ4n) is 2.54. The number of aliphatic imine (C=N–C) groups is 1. The van der Waals surface area contributed by atoms with E-state index in [1.54, 1.807) is 0 Å². The van der Waals surface area contributed by atoms with Gasteiger partial charge in [0.2, 0.25) is 0 Å². The maximum Gasteiger partial charge on any atom is 0.191 e. The molecule has 2 N–H and O–H groups in total. The molecule has 0 aromatic heterocycles. The molecule has 0 aromatic carbocycles. The molecule has 1 aliphatic heterocycles. The Morgan fingerprint density at radius 2 is 2.09 bits per heavy atom. The number of rotatable bonds is 12. The lowest BCUT2D eigenvalue weighted by atomic mass is 10.1. The maximum absolute atomic E-state index is 5.70. The molecule has 0 aliphatic carbocycles. The molecule has 0 aromatic rings. The summed E-state index contributed by atoms with van der Waals surface area (Å²) in [6.45, 7) is 15.7. The molecule has 23 heavy (non-hydrogen) atoms. The number of nitrogens with zero attached hydrogens (tertiary/aromatic N) is 2. The monoisotopic (exact) mass is 328 g/mol. The van der Waals surface area contributed by atoms with E-state index in [2.05, 4.69) is 41.3 Å². The molecular formula is C17H36N4O2. The summed E-state index contributed by atoms with van der Waals surface area (Å²) in [4.78, 5) is 7.00. The van der Waals surface area contributed by atoms with Crippen LogP contribution < -0.4 is 10.6 Å². The SMILES string of the molecule is CCNC(=NCCCOCC1CCOC1)NCCN(CC)CC. The summed E-state index contributed by atoms with van der Waals surface area (Å²) in [6, 6.07) is 0. The largest absolute Gasteiger partial charge is 0.381 e. The third kappa shape index (κ3) is 9.79. The third-order valence-electron chi connectivity index (χ3n) is 4.05. The molecule has 6 nitrogen and oxygen atoms in total. The number of hydrogen-bond acceptors (Lipinski definition) is 4. The van der Waals surface area contributed by atoms with Crippen LogP contribution in [0.5, 0.6) is 0 Å². The summed E-state index contributed by atoms with van der Waals surface area (Å²) in [6.07, 6.45) is 2.10. The Morgan fingerprint density at radius 1 is 1.26 bits per heavy atom. The smallest absolute Gasteiger partial charge is 0.191 e. The van der Waals surface area contributed by atoms with E-state index < -0.39 is 0 Å². The highest BCUT2D eigenvalue weighted by atomic mass is 16.5. The van der Waals surface area contributed by atoms with Crippen LogP contribution in [0.25, 0.3) is 0 Å². The number of likely N-dealkylation sites (N-methyl/N-ethyl adjacent to an activating group) is 1. The van der Waals surface area contributed by atoms with Gasteiger partial charge in [0, 0.05) is 45.3 Å². The van der Waals surface area contributed by atoms with Crippen LogP contribution in [0.15, 0.2) is 4.99 Å². The van der Waals surface area contributed by atoms with Crippen molar-refractivity contribution in [2.75, 3.05) is 65.7 Å². The lowest BCUT2D eigenvalue weighted by Crippen LogP contribution is -2.41. The Balaban J connectivity index is 2.10. The quantitative estimate of drug-likeness (QED) is 0.321. The zero-order valence-electron chi connectivity index (χ0n) is 15.3. The summed E-state index contributed by atoms with van der Waals surface area (Å²) in [5, 5.41) is 6.69. The van der Waals surface area contributed by atoms with Crippen molar-refractivity contribution in [2.24, 2.45) is 10.9 Å². The lowest BCUT2D eigenvalue weighted by molar-refractivity contribution is 0.0893. The van der Waals surface area contributed by atoms with Crippen molar-refractivity contribution < 1.29 is 9.47 Å². The summed E-state index contributed by atoms with van der Waals surface area (Å²) < 4.78 is 11.0. The van der Waals surface area contributed by atoms with Gasteiger partial charge in [0.25, 0.3) is 0 Å². The minimum Gasteiger partial charge on any atom is -0.381 e. The highest BCUT2D eigenvalue weighted by molar-refractivity contribution is 5.79. The minimum absolute atomic E-state index is 0.595. The normalized spacial score (nSPS) is 18.6. The lowest BCUT2D eigenvalue weighted by Gasteiger charge is -2.19. The third-order valence-corrected chi connectivity index (χ3v) is 4.05. The molecule has 0 saturated carbocycles. The zero-order chi connectivity index (χ0) is 16.8. The second-order valence-corrected chi connectivity index (χ2v) is 5.87. The van der Waals surface area contributed by atoms with E-state index >= 15 is 0 Å². The molecule has 0 bridgehead atoms. The van der Waals surface area contributed by atoms with E-state index in [-0.39, 0.29) is 0 Å². The van der Waals surface area contributed by atoms with Crippen LogP contribution in [0, 0.1) is 5.92 Å². The Morgan fingerprint density at radius 3 is 2.74 bits per heavy atom. The molecule has 136 valence electrons. The van der Waals surface area contributed by atoms with Crippen LogP contribution >= 0.6 is 0 Å². The molecule has 1 unspecified atom stereocenters. The predicted molar refractivity (Wildman–Crippen MR) is 96.1 cm³/mol. The standard InChI is InChI=1S/C17H36N4O2/c1-4-18-17(20-10-11-21(5-2)6-3)19-9-7-12-22-14-16-8-13-23-15-16/h16H,4-15H2,1-3H3,(H2,18,19,20). The van der Waals surface area contributed by atoms with Gasteiger partial charge in [-0.1, -0.05) is 13.8 Å². The molecule has 1 atom stereocenters. The van der Waals surface area contributed by atoms with E-state index in [1.807, 2.05) is 0 Å². The highest BCUT2D eigenvalue weighted by Crippen LogP contribution is 2.12. The highest BCUT2D eigenvalue weighted by Gasteiger charge is 2.15. The maximum atomic E-state index is 5.70. The molecule has 6 heteroatoms. The van der Waals surface area contributed by atoms with Crippen LogP contribution in [0.4, 0.5) is 0 Å². The van der Waals surface area contributed by atoms with E-state index in [1.165, 1.54) is 0 Å². The Labute approximate surface area is 142 Å². The van der Waals surface area contributed by atoms with Gasteiger partial charge in [-0.2, -0.15) is 0 Å². The van der Waals surface area contributed by atoms with Gasteiger partial charge in [-0.05, 0) is 32.9 Å². The molecule has 1 rings (SSSR count). The molecule has 0 amide bonds. The van der Waals surface area contributed by atoms with Crippen LogP contribution in [0.3, 0.4) is 0 Å². The van der Waals surface area contributed by atoms with Gasteiger partial charge in [-0.25, -0.2) is 0 Å². The van der Waals surface area contributed by atoms with E-state index in [9.17, 15) is 0 Å². The Hall–Kier alpha value is -0.850. The van der Waals surface area contributed by atoms with Gasteiger partial charge in [-0.3, -0.25) is 4.99 Å². The number of hydrogen-bond donors (Lipinski definition) is 2. The minimum atomic E-state index is 0.595. The van der Waals surface area contributed by atoms with Crippen molar-refractivity contribution in [2.45, 2.75) is 33.6 Å². The van der Waals surface area contributed by atoms with Crippen LogP contribution in [0.2, 0.25) is 0 Å². The first-order valence-electron chi connectivity index (χ1n) is 9.20. The van der Waals surface area contributed by atoms with Gasteiger partial charge in [0.1, 0.15) is 0 Å². The van der Waals surface area contributed by atoms with E-state index in [4.69, 9.17) is 9.47 Å². The van der Waals surface area contributed by atoms with Crippen molar-refractivity contribution in [3.8, 4) is 0 Å². The van der Waals surface area contributed by atoms with Crippen molar-refractivity contribution >= 4 is 5.96 Å². The summed E-state index contributed by atoms with van der Waals surface area (Å²) in [7, 11) is 0. The van der Waals surface area contributed by atoms with Gasteiger partial charge in [-0.15, -0.1) is 0 Å². The zero-order valence-corrected chi connectivity index (χ0v) is 15.3. The second kappa shape index (κ2) is 13.6. The van der Waals surface area contributed by atoms with Crippen molar-refractivity contribution in [3.05, 3.63) is 0 Å². The second-order valence-electron chi connectivity index (χ2n) is 5.87. The first kappa shape index (κ1) is 20.2. The summed E-state index contributed by atoms with van der Waals surface area (Å²) in [5.41, 5.74) is 0. The Bertz CT molecular complexity index is 303. The average molecular weight is 329 g/mol. The first-order chi connectivity index (χ1) is 11.3. The summed E-state index contributed by atoms with van der Waals surface area (Å²) >= 11 is 0. The number of guanidine groups is 1. The predicted octanol–water partition coefficient (Wildman–Crippen LogP) is 1.33. The molecule has 1 fully saturated rings. The molecule has 1 heterocycles. The molecule has 1 saturated heterocycles. The fraction of sp³-hybridized carbons (Fsp3) is 0.941. The van der Waals surface area contributed by atoms with Gasteiger partial charge >= 0.3 is 0 Å². The van der Waals surface area contributed by atoms with Crippen molar-refractivity contribution in [1.82, 2.24) is 15.5 Å². The van der Waals surface area contributed by atoms with Crippen molar-refractivity contribution in [3.63, 3.8) is 0 Å². The van der Waals surface area contributed by atoms with Gasteiger partial charge in [0.05, 0.1) is 13.2 Å². The molecular weight excluding hydrogens is 292 g/mol. The molecule has 1 aliphatic rings. The molecule has 0 spiro atoms. The van der Waals surface area contributed by atoms with E-state index in [0.717, 1.165) is 84.5 Å². The topological polar surface area (TPSA) is 58.1 Å². The summed E-state index contributed by atoms with van der Waals surface area (Å²) in [5.74, 6) is 1.50. The van der Waals surface area contributed by atoms with Gasteiger partial charge < -0.3 is 25.0 Å². The number of ether oxygens (including phenoxy) is 2. The van der Waals surface area contributed by atoms with Gasteiger partial charge in [0.15, 0.2) is 5.96 Å². The average Bonchev–Trinajstić information content (AvgIpc) is 3.08. The van der Waals surface area contributed by atoms with E-state index in [0.29, 0.717) is 5.92 Å². The van der Waals surface area contributed by atoms with Crippen LogP contribution in [-0.4, -0.2) is 76.6 Å².